The number of carbonyl (C=O) groups is 2. The fraction of sp³-hybridized carbons (Fsp3) is 0.286. The van der Waals surface area contributed by atoms with E-state index in [9.17, 15) is 19.8 Å². The second-order valence-corrected chi connectivity index (χ2v) is 8.40. The van der Waals surface area contributed by atoms with Gasteiger partial charge < -0.3 is 20.2 Å². The van der Waals surface area contributed by atoms with E-state index in [0.29, 0.717) is 53.8 Å². The van der Waals surface area contributed by atoms with Gasteiger partial charge in [-0.25, -0.2) is 19.6 Å². The number of aromatic carboxylic acids is 2. The van der Waals surface area contributed by atoms with Crippen molar-refractivity contribution in [3.63, 3.8) is 0 Å². The third-order valence-corrected chi connectivity index (χ3v) is 6.20. The fourth-order valence-electron chi connectivity index (χ4n) is 3.42. The molecule has 11 heteroatoms. The van der Waals surface area contributed by atoms with Crippen LogP contribution in [0.15, 0.2) is 30.3 Å². The third kappa shape index (κ3) is 4.68. The Morgan fingerprint density at radius 3 is 2.34 bits per heavy atom. The molecule has 3 aromatic rings. The van der Waals surface area contributed by atoms with E-state index in [0.717, 1.165) is 11.3 Å². The Kier molecular flexibility index (Phi) is 6.01. The highest BCUT2D eigenvalue weighted by Crippen LogP contribution is 2.29. The minimum atomic E-state index is -1.05. The molecule has 0 unspecified atom stereocenters. The lowest BCUT2D eigenvalue weighted by Gasteiger charge is -2.30. The summed E-state index contributed by atoms with van der Waals surface area (Å²) < 4.78 is 0. The van der Waals surface area contributed by atoms with Crippen molar-refractivity contribution in [2.24, 2.45) is 0 Å². The van der Waals surface area contributed by atoms with E-state index in [1.54, 1.807) is 19.1 Å². The van der Waals surface area contributed by atoms with Crippen LogP contribution in [0, 0.1) is 6.92 Å². The van der Waals surface area contributed by atoms with Gasteiger partial charge in [-0.05, 0) is 31.9 Å². The molecule has 4 rings (SSSR count). The van der Waals surface area contributed by atoms with Gasteiger partial charge in [0.2, 0.25) is 5.95 Å². The smallest absolute Gasteiger partial charge is 0.347 e. The zero-order chi connectivity index (χ0) is 22.8. The summed E-state index contributed by atoms with van der Waals surface area (Å²) in [5, 5.41) is 31.6. The number of aliphatic hydroxyl groups excluding tert-OH is 1. The number of aliphatic hydroxyl groups is 1. The molecule has 0 radical (unpaired) electrons. The molecule has 0 saturated carbocycles. The SMILES string of the molecule is Cc1nc(Nc2nc(-c3ccc(C(=O)O)cc3)cc(N3CCC(O)CC3)n2)sc1C(=O)O. The summed E-state index contributed by atoms with van der Waals surface area (Å²) in [7, 11) is 0. The summed E-state index contributed by atoms with van der Waals surface area (Å²) in [5.41, 5.74) is 1.86. The van der Waals surface area contributed by atoms with Crippen LogP contribution < -0.4 is 10.2 Å². The second kappa shape index (κ2) is 8.89. The van der Waals surface area contributed by atoms with Crippen molar-refractivity contribution in [3.8, 4) is 11.3 Å². The monoisotopic (exact) mass is 455 g/mol. The molecule has 0 atom stereocenters. The number of anilines is 3. The number of thiazole rings is 1. The molecule has 4 N–H and O–H groups in total. The van der Waals surface area contributed by atoms with Crippen LogP contribution in [0.4, 0.5) is 16.9 Å². The maximum Gasteiger partial charge on any atom is 0.347 e. The van der Waals surface area contributed by atoms with Crippen molar-refractivity contribution in [2.75, 3.05) is 23.3 Å². The van der Waals surface area contributed by atoms with Gasteiger partial charge in [0.1, 0.15) is 10.7 Å². The number of nitrogens with one attached hydrogen (secondary N) is 1. The van der Waals surface area contributed by atoms with Crippen LogP contribution in [0.5, 0.6) is 0 Å². The van der Waals surface area contributed by atoms with Gasteiger partial charge in [-0.15, -0.1) is 0 Å². The molecule has 0 bridgehead atoms. The van der Waals surface area contributed by atoms with Gasteiger partial charge in [-0.1, -0.05) is 23.5 Å². The van der Waals surface area contributed by atoms with Crippen LogP contribution in [0.2, 0.25) is 0 Å². The van der Waals surface area contributed by atoms with Crippen LogP contribution in [-0.2, 0) is 0 Å². The summed E-state index contributed by atoms with van der Waals surface area (Å²) in [5.74, 6) is -1.16. The Bertz CT molecular complexity index is 1160. The van der Waals surface area contributed by atoms with Gasteiger partial charge in [-0.3, -0.25) is 5.32 Å². The quantitative estimate of drug-likeness (QED) is 0.437. The molecule has 3 heterocycles. The second-order valence-electron chi connectivity index (χ2n) is 7.40. The highest BCUT2D eigenvalue weighted by Gasteiger charge is 2.21. The molecular formula is C21H21N5O5S. The van der Waals surface area contributed by atoms with Crippen molar-refractivity contribution < 1.29 is 24.9 Å². The predicted molar refractivity (Wildman–Crippen MR) is 119 cm³/mol. The Hall–Kier alpha value is -3.57. The number of carboxylic acids is 2. The van der Waals surface area contributed by atoms with E-state index >= 15 is 0 Å². The Labute approximate surface area is 187 Å². The molecule has 1 aliphatic heterocycles. The van der Waals surface area contributed by atoms with Crippen molar-refractivity contribution >= 4 is 40.2 Å². The molecule has 0 aliphatic carbocycles. The van der Waals surface area contributed by atoms with Crippen molar-refractivity contribution in [1.82, 2.24) is 15.0 Å². The first-order valence-electron chi connectivity index (χ1n) is 9.93. The summed E-state index contributed by atoms with van der Waals surface area (Å²) in [6.45, 7) is 2.89. The first-order chi connectivity index (χ1) is 15.3. The Morgan fingerprint density at radius 2 is 1.75 bits per heavy atom. The maximum absolute atomic E-state index is 11.3. The molecule has 1 saturated heterocycles. The number of hydrogen-bond donors (Lipinski definition) is 4. The van der Waals surface area contributed by atoms with Gasteiger partial charge >= 0.3 is 11.9 Å². The molecule has 166 valence electrons. The van der Waals surface area contributed by atoms with E-state index < -0.39 is 11.9 Å². The molecule has 1 fully saturated rings. The fourth-order valence-corrected chi connectivity index (χ4v) is 4.22. The normalized spacial score (nSPS) is 14.4. The average Bonchev–Trinajstić information content (AvgIpc) is 3.14. The minimum Gasteiger partial charge on any atom is -0.478 e. The Balaban J connectivity index is 1.70. The van der Waals surface area contributed by atoms with E-state index in [-0.39, 0.29) is 22.5 Å². The van der Waals surface area contributed by atoms with E-state index in [2.05, 4.69) is 20.3 Å². The number of piperidine rings is 1. The molecular weight excluding hydrogens is 434 g/mol. The van der Waals surface area contributed by atoms with Gasteiger partial charge in [0.05, 0.1) is 23.1 Å². The van der Waals surface area contributed by atoms with Crippen molar-refractivity contribution in [2.45, 2.75) is 25.9 Å². The highest BCUT2D eigenvalue weighted by molar-refractivity contribution is 7.17. The molecule has 10 nitrogen and oxygen atoms in total. The lowest BCUT2D eigenvalue weighted by atomic mass is 10.1. The molecule has 0 spiro atoms. The molecule has 1 aliphatic rings. The summed E-state index contributed by atoms with van der Waals surface area (Å²) in [4.78, 5) is 38.0. The standard InChI is InChI=1S/C21H21N5O5S/c1-11-17(19(30)31)32-21(22-11)25-20-23-15(12-2-4-13(5-3-12)18(28)29)10-16(24-20)26-8-6-14(27)7-9-26/h2-5,10,14,27H,6-9H2,1H3,(H,28,29)(H,30,31)(H,22,23,24,25). The molecule has 0 amide bonds. The van der Waals surface area contributed by atoms with E-state index in [4.69, 9.17) is 5.11 Å². The summed E-state index contributed by atoms with van der Waals surface area (Å²) >= 11 is 0.997. The zero-order valence-electron chi connectivity index (χ0n) is 17.1. The number of benzene rings is 1. The van der Waals surface area contributed by atoms with Crippen LogP contribution in [0.3, 0.4) is 0 Å². The van der Waals surface area contributed by atoms with Crippen LogP contribution in [-0.4, -0.2) is 61.4 Å². The zero-order valence-corrected chi connectivity index (χ0v) is 18.0. The first-order valence-corrected chi connectivity index (χ1v) is 10.8. The van der Waals surface area contributed by atoms with E-state index in [1.807, 2.05) is 11.0 Å². The number of hydrogen-bond acceptors (Lipinski definition) is 9. The number of aromatic nitrogens is 3. The van der Waals surface area contributed by atoms with Crippen molar-refractivity contribution in [1.29, 1.82) is 0 Å². The van der Waals surface area contributed by atoms with E-state index in [1.165, 1.54) is 12.1 Å². The number of aryl methyl sites for hydroxylation is 1. The minimum absolute atomic E-state index is 0.137. The Morgan fingerprint density at radius 1 is 1.06 bits per heavy atom. The number of carboxylic acid groups (broad SMARTS) is 2. The lowest BCUT2D eigenvalue weighted by molar-refractivity contribution is 0.0688. The summed E-state index contributed by atoms with van der Waals surface area (Å²) in [6.07, 6.45) is 0.924. The summed E-state index contributed by atoms with van der Waals surface area (Å²) in [6, 6.07) is 8.18. The van der Waals surface area contributed by atoms with Gasteiger partial charge in [0.15, 0.2) is 5.13 Å². The molecule has 1 aromatic carbocycles. The lowest BCUT2D eigenvalue weighted by Crippen LogP contribution is -2.36. The average molecular weight is 455 g/mol. The van der Waals surface area contributed by atoms with Crippen LogP contribution >= 0.6 is 11.3 Å². The largest absolute Gasteiger partial charge is 0.478 e. The maximum atomic E-state index is 11.3. The van der Waals surface area contributed by atoms with Gasteiger partial charge in [-0.2, -0.15) is 4.98 Å². The van der Waals surface area contributed by atoms with Crippen LogP contribution in [0.25, 0.3) is 11.3 Å². The van der Waals surface area contributed by atoms with Gasteiger partial charge in [0, 0.05) is 24.7 Å². The first kappa shape index (κ1) is 21.7. The molecule has 32 heavy (non-hydrogen) atoms. The predicted octanol–water partition coefficient (Wildman–Crippen LogP) is 3.01. The highest BCUT2D eigenvalue weighted by atomic mass is 32.1. The van der Waals surface area contributed by atoms with Gasteiger partial charge in [0.25, 0.3) is 0 Å². The van der Waals surface area contributed by atoms with Crippen molar-refractivity contribution in [3.05, 3.63) is 46.5 Å². The number of rotatable bonds is 6. The molecule has 2 aromatic heterocycles. The number of nitrogens with zero attached hydrogens (tertiary/aromatic N) is 4. The topological polar surface area (TPSA) is 149 Å². The third-order valence-electron chi connectivity index (χ3n) is 5.14. The van der Waals surface area contributed by atoms with Crippen LogP contribution in [0.1, 0.15) is 38.6 Å².